The molecule has 3 nitrogen and oxygen atoms in total. The van der Waals surface area contributed by atoms with Crippen LogP contribution in [-0.2, 0) is 9.53 Å². The first kappa shape index (κ1) is 15.8. The summed E-state index contributed by atoms with van der Waals surface area (Å²) in [7, 11) is 0. The van der Waals surface area contributed by atoms with E-state index in [2.05, 4.69) is 5.32 Å². The van der Waals surface area contributed by atoms with Gasteiger partial charge in [0, 0.05) is 6.61 Å². The molecule has 1 heterocycles. The smallest absolute Gasteiger partial charge is 0.381 e. The third kappa shape index (κ3) is 4.70. The zero-order chi connectivity index (χ0) is 15.5. The van der Waals surface area contributed by atoms with Gasteiger partial charge in [0.25, 0.3) is 0 Å². The molecule has 1 saturated heterocycles. The minimum atomic E-state index is -4.43. The van der Waals surface area contributed by atoms with E-state index in [4.69, 9.17) is 4.74 Å². The second-order valence-corrected chi connectivity index (χ2v) is 4.99. The second kappa shape index (κ2) is 6.43. The van der Waals surface area contributed by atoms with Crippen molar-refractivity contribution in [1.82, 2.24) is 5.32 Å². The highest BCUT2D eigenvalue weighted by atomic mass is 19.4. The molecule has 1 aliphatic heterocycles. The standard InChI is InChI=1S/C14H15F4NO2/c15-11-3-1-9(2-4-11)12(7-14(16,17)18)19-13(20)10-5-6-21-8-10/h1-4,10,12H,5-8H2,(H,19,20)/t10-,12+/m1/s1. The van der Waals surface area contributed by atoms with E-state index in [-0.39, 0.29) is 12.2 Å². The quantitative estimate of drug-likeness (QED) is 0.869. The summed E-state index contributed by atoms with van der Waals surface area (Å²) in [6.45, 7) is 0.645. The Morgan fingerprint density at radius 3 is 2.52 bits per heavy atom. The lowest BCUT2D eigenvalue weighted by Crippen LogP contribution is -2.36. The number of benzene rings is 1. The van der Waals surface area contributed by atoms with Crippen LogP contribution in [0.4, 0.5) is 17.6 Å². The Morgan fingerprint density at radius 1 is 1.33 bits per heavy atom. The van der Waals surface area contributed by atoms with Crippen molar-refractivity contribution < 1.29 is 27.1 Å². The first-order valence-electron chi connectivity index (χ1n) is 6.55. The van der Waals surface area contributed by atoms with Crippen molar-refractivity contribution in [3.63, 3.8) is 0 Å². The highest BCUT2D eigenvalue weighted by molar-refractivity contribution is 5.79. The van der Waals surface area contributed by atoms with Crippen LogP contribution in [0.25, 0.3) is 0 Å². The predicted molar refractivity (Wildman–Crippen MR) is 66.9 cm³/mol. The Balaban J connectivity index is 2.11. The third-order valence-corrected chi connectivity index (χ3v) is 3.32. The van der Waals surface area contributed by atoms with Crippen molar-refractivity contribution in [1.29, 1.82) is 0 Å². The van der Waals surface area contributed by atoms with Gasteiger partial charge >= 0.3 is 6.18 Å². The second-order valence-electron chi connectivity index (χ2n) is 4.99. The van der Waals surface area contributed by atoms with E-state index < -0.39 is 36.3 Å². The van der Waals surface area contributed by atoms with Crippen LogP contribution in [0.2, 0.25) is 0 Å². The number of halogens is 4. The predicted octanol–water partition coefficient (Wildman–Crippen LogP) is 2.97. The summed E-state index contributed by atoms with van der Waals surface area (Å²) in [5.74, 6) is -1.44. The SMILES string of the molecule is O=C(N[C@@H](CC(F)(F)F)c1ccc(F)cc1)[C@@H]1CCOC1. The van der Waals surface area contributed by atoms with E-state index in [0.717, 1.165) is 12.1 Å². The molecule has 21 heavy (non-hydrogen) atoms. The van der Waals surface area contributed by atoms with E-state index in [1.54, 1.807) is 0 Å². The number of alkyl halides is 3. The van der Waals surface area contributed by atoms with Crippen LogP contribution in [-0.4, -0.2) is 25.3 Å². The van der Waals surface area contributed by atoms with Gasteiger partial charge in [0.1, 0.15) is 5.82 Å². The van der Waals surface area contributed by atoms with Crippen molar-refractivity contribution in [3.8, 4) is 0 Å². The zero-order valence-electron chi connectivity index (χ0n) is 11.1. The molecule has 1 fully saturated rings. The van der Waals surface area contributed by atoms with Gasteiger partial charge in [-0.3, -0.25) is 4.79 Å². The number of carbonyl (C=O) groups excluding carboxylic acids is 1. The summed E-state index contributed by atoms with van der Waals surface area (Å²) in [6.07, 6.45) is -5.13. The maximum atomic E-state index is 12.9. The number of nitrogens with one attached hydrogen (secondary N) is 1. The van der Waals surface area contributed by atoms with Gasteiger partial charge < -0.3 is 10.1 Å². The highest BCUT2D eigenvalue weighted by Gasteiger charge is 2.35. The molecule has 1 N–H and O–H groups in total. The molecular weight excluding hydrogens is 290 g/mol. The molecule has 116 valence electrons. The molecule has 0 spiro atoms. The van der Waals surface area contributed by atoms with Gasteiger partial charge in [0.15, 0.2) is 0 Å². The number of carbonyl (C=O) groups is 1. The molecule has 0 unspecified atom stereocenters. The van der Waals surface area contributed by atoms with Crippen LogP contribution in [0.1, 0.15) is 24.4 Å². The van der Waals surface area contributed by atoms with Crippen LogP contribution >= 0.6 is 0 Å². The summed E-state index contributed by atoms with van der Waals surface area (Å²) < 4.78 is 55.9. The number of rotatable bonds is 4. The van der Waals surface area contributed by atoms with Crippen molar-refractivity contribution in [2.24, 2.45) is 5.92 Å². The average molecular weight is 305 g/mol. The van der Waals surface area contributed by atoms with Crippen LogP contribution in [0.5, 0.6) is 0 Å². The third-order valence-electron chi connectivity index (χ3n) is 3.32. The topological polar surface area (TPSA) is 38.3 Å². The normalized spacial score (nSPS) is 20.3. The van der Waals surface area contributed by atoms with E-state index in [0.29, 0.717) is 13.0 Å². The monoisotopic (exact) mass is 305 g/mol. The van der Waals surface area contributed by atoms with Crippen molar-refractivity contribution in [2.45, 2.75) is 25.1 Å². The summed E-state index contributed by atoms with van der Waals surface area (Å²) in [6, 6.07) is 3.42. The molecule has 0 aromatic heterocycles. The molecule has 1 aliphatic rings. The fourth-order valence-corrected chi connectivity index (χ4v) is 2.21. The molecule has 0 aliphatic carbocycles. The molecule has 0 saturated carbocycles. The van der Waals surface area contributed by atoms with E-state index >= 15 is 0 Å². The van der Waals surface area contributed by atoms with Crippen molar-refractivity contribution in [2.75, 3.05) is 13.2 Å². The van der Waals surface area contributed by atoms with E-state index in [1.807, 2.05) is 0 Å². The molecule has 1 amide bonds. The van der Waals surface area contributed by atoms with Crippen LogP contribution in [0, 0.1) is 11.7 Å². The fourth-order valence-electron chi connectivity index (χ4n) is 2.21. The van der Waals surface area contributed by atoms with Gasteiger partial charge in [0.05, 0.1) is 25.0 Å². The minimum Gasteiger partial charge on any atom is -0.381 e. The first-order chi connectivity index (χ1) is 9.85. The van der Waals surface area contributed by atoms with E-state index in [1.165, 1.54) is 12.1 Å². The highest BCUT2D eigenvalue weighted by Crippen LogP contribution is 2.30. The molecule has 1 aromatic rings. The number of ether oxygens (including phenoxy) is 1. The van der Waals surface area contributed by atoms with Crippen LogP contribution in [0.3, 0.4) is 0 Å². The molecule has 0 radical (unpaired) electrons. The largest absolute Gasteiger partial charge is 0.391 e. The van der Waals surface area contributed by atoms with Gasteiger partial charge in [-0.1, -0.05) is 12.1 Å². The summed E-state index contributed by atoms with van der Waals surface area (Å²) in [5, 5.41) is 2.39. The Morgan fingerprint density at radius 2 is 2.00 bits per heavy atom. The maximum Gasteiger partial charge on any atom is 0.391 e. The lowest BCUT2D eigenvalue weighted by Gasteiger charge is -2.22. The summed E-state index contributed by atoms with van der Waals surface area (Å²) in [5.41, 5.74) is 0.223. The van der Waals surface area contributed by atoms with Gasteiger partial charge in [-0.2, -0.15) is 13.2 Å². The van der Waals surface area contributed by atoms with Crippen LogP contribution < -0.4 is 5.32 Å². The Kier molecular flexibility index (Phi) is 4.82. The van der Waals surface area contributed by atoms with Crippen molar-refractivity contribution >= 4 is 5.91 Å². The number of amides is 1. The Hall–Kier alpha value is -1.63. The van der Waals surface area contributed by atoms with Gasteiger partial charge in [-0.15, -0.1) is 0 Å². The molecule has 2 atom stereocenters. The number of hydrogen-bond acceptors (Lipinski definition) is 2. The van der Waals surface area contributed by atoms with Crippen LogP contribution in [0.15, 0.2) is 24.3 Å². The summed E-state index contributed by atoms with van der Waals surface area (Å²) in [4.78, 5) is 11.9. The average Bonchev–Trinajstić information content (AvgIpc) is 2.91. The van der Waals surface area contributed by atoms with Crippen molar-refractivity contribution in [3.05, 3.63) is 35.6 Å². The molecule has 7 heteroatoms. The van der Waals surface area contributed by atoms with Gasteiger partial charge in [-0.05, 0) is 24.1 Å². The number of hydrogen-bond donors (Lipinski definition) is 1. The van der Waals surface area contributed by atoms with E-state index in [9.17, 15) is 22.4 Å². The summed E-state index contributed by atoms with van der Waals surface area (Å²) >= 11 is 0. The Bertz CT molecular complexity index is 481. The lowest BCUT2D eigenvalue weighted by molar-refractivity contribution is -0.143. The molecular formula is C14H15F4NO2. The zero-order valence-corrected chi connectivity index (χ0v) is 11.1. The molecule has 2 rings (SSSR count). The van der Waals surface area contributed by atoms with Gasteiger partial charge in [0.2, 0.25) is 5.91 Å². The Labute approximate surface area is 119 Å². The lowest BCUT2D eigenvalue weighted by atomic mass is 10.0. The fraction of sp³-hybridized carbons (Fsp3) is 0.500. The van der Waals surface area contributed by atoms with Gasteiger partial charge in [-0.25, -0.2) is 4.39 Å². The molecule has 0 bridgehead atoms. The minimum absolute atomic E-state index is 0.216. The first-order valence-corrected chi connectivity index (χ1v) is 6.55. The molecule has 1 aromatic carbocycles. The maximum absolute atomic E-state index is 12.9.